The van der Waals surface area contributed by atoms with Crippen LogP contribution in [0.1, 0.15) is 22.8 Å². The fraction of sp³-hybridized carbons (Fsp3) is 0.0625. The zero-order valence-corrected chi connectivity index (χ0v) is 21.2. The fourth-order valence-corrected chi connectivity index (χ4v) is 5.43. The Hall–Kier alpha value is -5.50. The van der Waals surface area contributed by atoms with Gasteiger partial charge in [0, 0.05) is 51.0 Å². The molecule has 0 spiro atoms. The Labute approximate surface area is 228 Å². The molecule has 0 amide bonds. The third-order valence-corrected chi connectivity index (χ3v) is 7.07. The van der Waals surface area contributed by atoms with Crippen LogP contribution in [-0.4, -0.2) is 40.4 Å². The Morgan fingerprint density at radius 1 is 0.550 bits per heavy atom. The van der Waals surface area contributed by atoms with Crippen molar-refractivity contribution in [2.75, 3.05) is 0 Å². The van der Waals surface area contributed by atoms with Crippen LogP contribution in [0.4, 0.5) is 0 Å². The number of fused-ring (bicyclic) bond motifs is 8. The minimum Gasteiger partial charge on any atom is -0.508 e. The topological polar surface area (TPSA) is 138 Å². The molecule has 5 aromatic rings. The van der Waals surface area contributed by atoms with E-state index in [1.807, 2.05) is 48.6 Å². The Morgan fingerprint density at radius 2 is 1.12 bits per heavy atom. The lowest BCUT2D eigenvalue weighted by molar-refractivity contribution is 0.450. The molecular weight excluding hydrogens is 504 g/mol. The Kier molecular flexibility index (Phi) is 5.35. The normalized spacial score (nSPS) is 12.6. The van der Waals surface area contributed by atoms with Crippen LogP contribution < -0.4 is 0 Å². The van der Waals surface area contributed by atoms with E-state index in [9.17, 15) is 20.4 Å². The number of phenolic OH excluding ortho intramolecular Hbond substituents is 4. The minimum atomic E-state index is -0.0349. The highest BCUT2D eigenvalue weighted by Crippen LogP contribution is 2.36. The van der Waals surface area contributed by atoms with Gasteiger partial charge in [-0.05, 0) is 96.8 Å². The number of hydrogen-bond acceptors (Lipinski definition) is 6. The lowest BCUT2D eigenvalue weighted by atomic mass is 10.00. The average molecular weight is 529 g/mol. The number of aromatic nitrogens is 4. The minimum absolute atomic E-state index is 0.0321. The molecule has 0 aliphatic carbocycles. The van der Waals surface area contributed by atoms with Crippen molar-refractivity contribution in [1.29, 1.82) is 0 Å². The molecule has 8 heteroatoms. The van der Waals surface area contributed by atoms with E-state index in [4.69, 9.17) is 9.97 Å². The van der Waals surface area contributed by atoms with E-state index in [0.29, 0.717) is 29.7 Å². The maximum Gasteiger partial charge on any atom is 0.119 e. The standard InChI is InChI=1S/C32H24N4O4/c37-23-9-17(10-24(38)15-23)31-27-5-1-19(33-27)13-20-2-6-29(34-20)32(18-11-25(39)16-26(40)12-18)30-8-4-22(36-30)14-21-3-7-28(31)35-21/h1-3,5-7,9-16,33,35,37-40H,4,8H2. The first kappa shape index (κ1) is 23.6. The largest absolute Gasteiger partial charge is 0.508 e. The van der Waals surface area contributed by atoms with E-state index in [1.54, 1.807) is 24.3 Å². The summed E-state index contributed by atoms with van der Waals surface area (Å²) < 4.78 is 0. The van der Waals surface area contributed by atoms with Crippen molar-refractivity contribution < 1.29 is 20.4 Å². The first-order valence-electron chi connectivity index (χ1n) is 12.8. The number of nitrogens with zero attached hydrogens (tertiary/aromatic N) is 2. The second kappa shape index (κ2) is 9.06. The quantitative estimate of drug-likeness (QED) is 0.153. The Balaban J connectivity index is 1.56. The van der Waals surface area contributed by atoms with Crippen LogP contribution in [0.2, 0.25) is 0 Å². The number of phenols is 4. The molecule has 0 radical (unpaired) electrons. The highest BCUT2D eigenvalue weighted by atomic mass is 16.3. The van der Waals surface area contributed by atoms with Crippen LogP contribution in [0, 0.1) is 0 Å². The summed E-state index contributed by atoms with van der Waals surface area (Å²) in [5, 5.41) is 40.8. The molecular formula is C32H24N4O4. The van der Waals surface area contributed by atoms with Gasteiger partial charge in [0.1, 0.15) is 23.0 Å². The molecule has 2 aliphatic heterocycles. The van der Waals surface area contributed by atoms with Crippen LogP contribution in [0.15, 0.2) is 72.8 Å². The third kappa shape index (κ3) is 4.31. The van der Waals surface area contributed by atoms with E-state index in [1.165, 1.54) is 12.1 Å². The van der Waals surface area contributed by atoms with Crippen LogP contribution in [0.25, 0.3) is 56.5 Å². The molecule has 7 rings (SSSR count). The van der Waals surface area contributed by atoms with Crippen LogP contribution >= 0.6 is 0 Å². The van der Waals surface area contributed by atoms with Crippen LogP contribution in [-0.2, 0) is 12.8 Å². The van der Waals surface area contributed by atoms with Crippen molar-refractivity contribution in [1.82, 2.24) is 19.9 Å². The second-order valence-electron chi connectivity index (χ2n) is 9.97. The highest BCUT2D eigenvalue weighted by molar-refractivity contribution is 5.94. The number of benzene rings is 2. The molecule has 40 heavy (non-hydrogen) atoms. The maximum atomic E-state index is 10.2. The van der Waals surface area contributed by atoms with E-state index in [0.717, 1.165) is 50.3 Å². The molecule has 0 saturated carbocycles. The SMILES string of the molecule is Oc1cc(O)cc(-c2c3nc(cc4ccc([nH]4)c(-c4cc(O)cc(O)c4)c4ccc(cc5nc2CC5)[nH]4)C=C3)c1. The van der Waals surface area contributed by atoms with E-state index in [2.05, 4.69) is 9.97 Å². The number of H-pyrrole nitrogens is 2. The summed E-state index contributed by atoms with van der Waals surface area (Å²) in [4.78, 5) is 16.7. The van der Waals surface area contributed by atoms with Crippen molar-refractivity contribution in [3.05, 3.63) is 95.6 Å². The van der Waals surface area contributed by atoms with Gasteiger partial charge in [-0.15, -0.1) is 0 Å². The van der Waals surface area contributed by atoms with Crippen molar-refractivity contribution >= 4 is 34.2 Å². The number of aromatic hydroxyl groups is 4. The second-order valence-corrected chi connectivity index (χ2v) is 9.97. The molecule has 3 aromatic heterocycles. The molecule has 196 valence electrons. The van der Waals surface area contributed by atoms with Crippen molar-refractivity contribution in [2.45, 2.75) is 12.8 Å². The molecule has 5 heterocycles. The maximum absolute atomic E-state index is 10.2. The summed E-state index contributed by atoms with van der Waals surface area (Å²) >= 11 is 0. The van der Waals surface area contributed by atoms with E-state index < -0.39 is 0 Å². The molecule has 8 nitrogen and oxygen atoms in total. The number of nitrogens with one attached hydrogen (secondary N) is 2. The molecule has 2 aromatic carbocycles. The third-order valence-electron chi connectivity index (χ3n) is 7.07. The van der Waals surface area contributed by atoms with Crippen molar-refractivity contribution in [3.8, 4) is 45.3 Å². The number of aromatic amines is 2. The van der Waals surface area contributed by atoms with Gasteiger partial charge in [0.15, 0.2) is 0 Å². The van der Waals surface area contributed by atoms with Gasteiger partial charge in [-0.3, -0.25) is 4.98 Å². The predicted molar refractivity (Wildman–Crippen MR) is 155 cm³/mol. The first-order valence-corrected chi connectivity index (χ1v) is 12.8. The van der Waals surface area contributed by atoms with E-state index >= 15 is 0 Å². The zero-order valence-electron chi connectivity index (χ0n) is 21.2. The lowest BCUT2D eigenvalue weighted by Gasteiger charge is -2.07. The summed E-state index contributed by atoms with van der Waals surface area (Å²) in [6.45, 7) is 0. The Morgan fingerprint density at radius 3 is 1.75 bits per heavy atom. The zero-order chi connectivity index (χ0) is 27.4. The predicted octanol–water partition coefficient (Wildman–Crippen LogP) is 6.43. The molecule has 0 unspecified atom stereocenters. The van der Waals surface area contributed by atoms with Gasteiger partial charge in [-0.2, -0.15) is 0 Å². The number of rotatable bonds is 2. The van der Waals surface area contributed by atoms with Gasteiger partial charge in [-0.25, -0.2) is 4.98 Å². The Bertz CT molecular complexity index is 1980. The van der Waals surface area contributed by atoms with Gasteiger partial charge < -0.3 is 30.4 Å². The van der Waals surface area contributed by atoms with Gasteiger partial charge in [0.2, 0.25) is 0 Å². The molecule has 0 fully saturated rings. The molecule has 0 saturated heterocycles. The van der Waals surface area contributed by atoms with Gasteiger partial charge in [-0.1, -0.05) is 0 Å². The fourth-order valence-electron chi connectivity index (χ4n) is 5.43. The van der Waals surface area contributed by atoms with Crippen molar-refractivity contribution in [2.24, 2.45) is 0 Å². The summed E-state index contributed by atoms with van der Waals surface area (Å²) in [6, 6.07) is 20.8. The van der Waals surface area contributed by atoms with Crippen molar-refractivity contribution in [3.63, 3.8) is 0 Å². The summed E-state index contributed by atoms with van der Waals surface area (Å²) in [5.74, 6) is -0.134. The molecule has 6 N–H and O–H groups in total. The lowest BCUT2D eigenvalue weighted by Crippen LogP contribution is -1.91. The molecule has 2 aliphatic rings. The van der Waals surface area contributed by atoms with E-state index in [-0.39, 0.29) is 23.0 Å². The first-order chi connectivity index (χ1) is 19.4. The average Bonchev–Trinajstić information content (AvgIpc) is 3.69. The van der Waals surface area contributed by atoms with Gasteiger partial charge in [0.05, 0.1) is 17.1 Å². The van der Waals surface area contributed by atoms with Crippen LogP contribution in [0.3, 0.4) is 0 Å². The highest BCUT2D eigenvalue weighted by Gasteiger charge is 2.18. The van der Waals surface area contributed by atoms with Crippen LogP contribution in [0.5, 0.6) is 23.0 Å². The van der Waals surface area contributed by atoms with Gasteiger partial charge >= 0.3 is 0 Å². The monoisotopic (exact) mass is 528 g/mol. The molecule has 0 atom stereocenters. The molecule has 8 bridgehead atoms. The smallest absolute Gasteiger partial charge is 0.119 e. The summed E-state index contributed by atoms with van der Waals surface area (Å²) in [7, 11) is 0. The summed E-state index contributed by atoms with van der Waals surface area (Å²) in [6.07, 6.45) is 5.22. The van der Waals surface area contributed by atoms with Gasteiger partial charge in [0.25, 0.3) is 0 Å². The number of hydrogen-bond donors (Lipinski definition) is 6. The number of aryl methyl sites for hydroxylation is 2. The summed E-state index contributed by atoms with van der Waals surface area (Å²) in [5.41, 5.74) is 9.23.